The SMILES string of the molecule is Cc1nnsc1C(=O)N1CCN(c2ccc(N3CCC(C)CC3)nn2)CC1. The highest BCUT2D eigenvalue weighted by Gasteiger charge is 2.26. The molecule has 0 radical (unpaired) electrons. The summed E-state index contributed by atoms with van der Waals surface area (Å²) in [6.45, 7) is 9.10. The lowest BCUT2D eigenvalue weighted by Gasteiger charge is -2.35. The second kappa shape index (κ2) is 7.75. The maximum atomic E-state index is 12.6. The molecule has 144 valence electrons. The van der Waals surface area contributed by atoms with Crippen LogP contribution in [0.1, 0.15) is 35.1 Å². The molecule has 0 N–H and O–H groups in total. The van der Waals surface area contributed by atoms with E-state index in [2.05, 4.69) is 48.6 Å². The van der Waals surface area contributed by atoms with Gasteiger partial charge in [0.25, 0.3) is 5.91 Å². The molecule has 4 heterocycles. The summed E-state index contributed by atoms with van der Waals surface area (Å²) in [4.78, 5) is 19.6. The van der Waals surface area contributed by atoms with Crippen molar-refractivity contribution < 1.29 is 4.79 Å². The summed E-state index contributed by atoms with van der Waals surface area (Å²) in [5.41, 5.74) is 0.709. The van der Waals surface area contributed by atoms with Crippen molar-refractivity contribution in [2.24, 2.45) is 5.92 Å². The highest BCUT2D eigenvalue weighted by Crippen LogP contribution is 2.23. The van der Waals surface area contributed by atoms with Crippen molar-refractivity contribution in [2.45, 2.75) is 26.7 Å². The average molecular weight is 388 g/mol. The summed E-state index contributed by atoms with van der Waals surface area (Å²) in [5.74, 6) is 2.68. The first-order valence-electron chi connectivity index (χ1n) is 9.53. The minimum absolute atomic E-state index is 0.0305. The molecular weight excluding hydrogens is 362 g/mol. The summed E-state index contributed by atoms with van der Waals surface area (Å²) < 4.78 is 3.86. The normalized spacial score (nSPS) is 18.8. The van der Waals surface area contributed by atoms with Crippen LogP contribution < -0.4 is 9.80 Å². The Hall–Kier alpha value is -2.29. The van der Waals surface area contributed by atoms with Gasteiger partial charge in [-0.3, -0.25) is 4.79 Å². The van der Waals surface area contributed by atoms with E-state index >= 15 is 0 Å². The molecule has 0 saturated carbocycles. The van der Waals surface area contributed by atoms with E-state index in [9.17, 15) is 4.79 Å². The van der Waals surface area contributed by atoms with Gasteiger partial charge < -0.3 is 14.7 Å². The molecule has 0 spiro atoms. The van der Waals surface area contributed by atoms with E-state index < -0.39 is 0 Å². The number of carbonyl (C=O) groups is 1. The number of piperidine rings is 1. The third kappa shape index (κ3) is 3.87. The topological polar surface area (TPSA) is 78.4 Å². The van der Waals surface area contributed by atoms with Crippen LogP contribution in [0.3, 0.4) is 0 Å². The van der Waals surface area contributed by atoms with Crippen LogP contribution in [0.25, 0.3) is 0 Å². The molecule has 4 rings (SSSR count). The lowest BCUT2D eigenvalue weighted by atomic mass is 9.99. The fourth-order valence-electron chi connectivity index (χ4n) is 3.60. The van der Waals surface area contributed by atoms with E-state index in [4.69, 9.17) is 0 Å². The first kappa shape index (κ1) is 18.1. The van der Waals surface area contributed by atoms with Gasteiger partial charge in [-0.25, -0.2) is 0 Å². The quantitative estimate of drug-likeness (QED) is 0.795. The molecule has 9 heteroatoms. The Morgan fingerprint density at radius 1 is 0.963 bits per heavy atom. The van der Waals surface area contributed by atoms with Crippen LogP contribution in [-0.2, 0) is 0 Å². The van der Waals surface area contributed by atoms with Crippen molar-refractivity contribution in [2.75, 3.05) is 49.1 Å². The number of rotatable bonds is 3. The summed E-state index contributed by atoms with van der Waals surface area (Å²) in [6, 6.07) is 4.12. The Labute approximate surface area is 163 Å². The minimum Gasteiger partial charge on any atom is -0.355 e. The molecule has 2 aromatic rings. The molecule has 2 aliphatic heterocycles. The van der Waals surface area contributed by atoms with E-state index in [0.717, 1.165) is 43.7 Å². The van der Waals surface area contributed by atoms with E-state index in [1.807, 2.05) is 11.8 Å². The van der Waals surface area contributed by atoms with Crippen molar-refractivity contribution in [1.29, 1.82) is 0 Å². The molecule has 8 nitrogen and oxygen atoms in total. The lowest BCUT2D eigenvalue weighted by molar-refractivity contribution is 0.0750. The van der Waals surface area contributed by atoms with Crippen LogP contribution in [0, 0.1) is 12.8 Å². The Morgan fingerprint density at radius 2 is 1.56 bits per heavy atom. The van der Waals surface area contributed by atoms with Crippen molar-refractivity contribution in [3.05, 3.63) is 22.7 Å². The second-order valence-electron chi connectivity index (χ2n) is 7.39. The average Bonchev–Trinajstić information content (AvgIpc) is 3.14. The number of hydrogen-bond acceptors (Lipinski definition) is 8. The minimum atomic E-state index is 0.0305. The first-order valence-corrected chi connectivity index (χ1v) is 10.3. The standard InChI is InChI=1S/C18H25N7OS/c1-13-5-7-23(8-6-13)15-3-4-16(21-20-15)24-9-11-25(12-10-24)18(26)17-14(2)19-22-27-17/h3-4,13H,5-12H2,1-2H3. The van der Waals surface area contributed by atoms with Gasteiger partial charge in [-0.05, 0) is 49.3 Å². The van der Waals surface area contributed by atoms with Gasteiger partial charge in [-0.2, -0.15) is 0 Å². The smallest absolute Gasteiger partial charge is 0.267 e. The van der Waals surface area contributed by atoms with Gasteiger partial charge in [-0.1, -0.05) is 11.4 Å². The van der Waals surface area contributed by atoms with Gasteiger partial charge in [0.15, 0.2) is 11.6 Å². The maximum Gasteiger partial charge on any atom is 0.267 e. The molecule has 2 saturated heterocycles. The largest absolute Gasteiger partial charge is 0.355 e. The molecule has 0 unspecified atom stereocenters. The van der Waals surface area contributed by atoms with Gasteiger partial charge in [-0.15, -0.1) is 15.3 Å². The Morgan fingerprint density at radius 3 is 2.07 bits per heavy atom. The Bertz CT molecular complexity index is 777. The van der Waals surface area contributed by atoms with E-state index in [1.54, 1.807) is 0 Å². The zero-order valence-electron chi connectivity index (χ0n) is 15.8. The van der Waals surface area contributed by atoms with Crippen LogP contribution in [-0.4, -0.2) is 69.9 Å². The van der Waals surface area contributed by atoms with Crippen LogP contribution in [0.15, 0.2) is 12.1 Å². The Kier molecular flexibility index (Phi) is 5.20. The van der Waals surface area contributed by atoms with Gasteiger partial charge in [0.1, 0.15) is 4.88 Å². The molecule has 0 atom stereocenters. The Balaban J connectivity index is 1.34. The first-order chi connectivity index (χ1) is 13.1. The zero-order chi connectivity index (χ0) is 18.8. The number of anilines is 2. The molecule has 0 aliphatic carbocycles. The molecule has 1 amide bonds. The van der Waals surface area contributed by atoms with Crippen LogP contribution in [0.4, 0.5) is 11.6 Å². The molecule has 2 aromatic heterocycles. The highest BCUT2D eigenvalue weighted by molar-refractivity contribution is 7.07. The van der Waals surface area contributed by atoms with Crippen molar-refractivity contribution >= 4 is 29.1 Å². The summed E-state index contributed by atoms with van der Waals surface area (Å²) in [7, 11) is 0. The molecule has 0 aromatic carbocycles. The maximum absolute atomic E-state index is 12.6. The third-order valence-corrected chi connectivity index (χ3v) is 6.30. The van der Waals surface area contributed by atoms with E-state index in [-0.39, 0.29) is 5.91 Å². The van der Waals surface area contributed by atoms with E-state index in [0.29, 0.717) is 23.7 Å². The van der Waals surface area contributed by atoms with Crippen molar-refractivity contribution in [1.82, 2.24) is 24.7 Å². The number of aryl methyl sites for hydroxylation is 1. The van der Waals surface area contributed by atoms with Gasteiger partial charge >= 0.3 is 0 Å². The number of amides is 1. The monoisotopic (exact) mass is 387 g/mol. The van der Waals surface area contributed by atoms with E-state index in [1.165, 1.54) is 24.4 Å². The number of hydrogen-bond donors (Lipinski definition) is 0. The molecule has 0 bridgehead atoms. The third-order valence-electron chi connectivity index (χ3n) is 5.48. The number of piperazine rings is 1. The molecular formula is C18H25N7OS. The van der Waals surface area contributed by atoms with Crippen LogP contribution >= 0.6 is 11.5 Å². The fraction of sp³-hybridized carbons (Fsp3) is 0.611. The summed E-state index contributed by atoms with van der Waals surface area (Å²) in [6.07, 6.45) is 2.43. The fourth-order valence-corrected chi connectivity index (χ4v) is 4.23. The van der Waals surface area contributed by atoms with Crippen LogP contribution in [0.2, 0.25) is 0 Å². The molecule has 27 heavy (non-hydrogen) atoms. The van der Waals surface area contributed by atoms with Crippen molar-refractivity contribution in [3.8, 4) is 0 Å². The second-order valence-corrected chi connectivity index (χ2v) is 8.14. The predicted molar refractivity (Wildman–Crippen MR) is 105 cm³/mol. The van der Waals surface area contributed by atoms with Crippen LogP contribution in [0.5, 0.6) is 0 Å². The molecule has 2 fully saturated rings. The number of carbonyl (C=O) groups excluding carboxylic acids is 1. The summed E-state index contributed by atoms with van der Waals surface area (Å²) >= 11 is 1.17. The van der Waals surface area contributed by atoms with Crippen molar-refractivity contribution in [3.63, 3.8) is 0 Å². The molecule has 2 aliphatic rings. The number of nitrogens with zero attached hydrogens (tertiary/aromatic N) is 7. The lowest BCUT2D eigenvalue weighted by Crippen LogP contribution is -2.49. The zero-order valence-corrected chi connectivity index (χ0v) is 16.7. The highest BCUT2D eigenvalue weighted by atomic mass is 32.1. The van der Waals surface area contributed by atoms with Gasteiger partial charge in [0, 0.05) is 39.3 Å². The van der Waals surface area contributed by atoms with Gasteiger partial charge in [0.2, 0.25) is 0 Å². The predicted octanol–water partition coefficient (Wildman–Crippen LogP) is 1.84. The summed E-state index contributed by atoms with van der Waals surface area (Å²) in [5, 5.41) is 12.8. The van der Waals surface area contributed by atoms with Gasteiger partial charge in [0.05, 0.1) is 5.69 Å². The number of aromatic nitrogens is 4.